The van der Waals surface area contributed by atoms with E-state index in [0.29, 0.717) is 24.1 Å². The number of carboxylic acids is 1. The molecular weight excluding hydrogens is 288 g/mol. The Bertz CT molecular complexity index is 669. The summed E-state index contributed by atoms with van der Waals surface area (Å²) in [4.78, 5) is 29.5. The predicted octanol–water partition coefficient (Wildman–Crippen LogP) is 2.29. The summed E-state index contributed by atoms with van der Waals surface area (Å²) < 4.78 is 0. The normalized spacial score (nSPS) is 16.8. The minimum absolute atomic E-state index is 0.0563. The van der Waals surface area contributed by atoms with Crippen LogP contribution in [-0.2, 0) is 16.0 Å². The molecule has 0 radical (unpaired) electrons. The Hall–Kier alpha value is -2.21. The van der Waals surface area contributed by atoms with E-state index < -0.39 is 11.9 Å². The number of aromatic nitrogens is 1. The fourth-order valence-electron chi connectivity index (χ4n) is 2.59. The van der Waals surface area contributed by atoms with Gasteiger partial charge in [-0.15, -0.1) is 11.3 Å². The zero-order valence-electron chi connectivity index (χ0n) is 11.2. The van der Waals surface area contributed by atoms with Gasteiger partial charge in [0.2, 0.25) is 5.91 Å². The van der Waals surface area contributed by atoms with E-state index >= 15 is 0 Å². The first-order valence-corrected chi connectivity index (χ1v) is 7.60. The van der Waals surface area contributed by atoms with E-state index in [9.17, 15) is 14.7 Å². The first kappa shape index (κ1) is 13.8. The number of anilines is 1. The largest absolute Gasteiger partial charge is 0.481 e. The SMILES string of the molecule is O=C(O)[C@H]1CN(C(=O)CCc2cscn2)c2ccccc21. The highest BCUT2D eigenvalue weighted by atomic mass is 32.1. The van der Waals surface area contributed by atoms with Crippen LogP contribution in [0.5, 0.6) is 0 Å². The molecule has 2 heterocycles. The molecule has 0 saturated heterocycles. The van der Waals surface area contributed by atoms with Gasteiger partial charge < -0.3 is 10.0 Å². The summed E-state index contributed by atoms with van der Waals surface area (Å²) in [6.07, 6.45) is 0.920. The van der Waals surface area contributed by atoms with Gasteiger partial charge in [-0.1, -0.05) is 18.2 Å². The van der Waals surface area contributed by atoms with Gasteiger partial charge in [-0.25, -0.2) is 4.98 Å². The molecule has 0 spiro atoms. The lowest BCUT2D eigenvalue weighted by atomic mass is 10.0. The zero-order valence-corrected chi connectivity index (χ0v) is 12.0. The van der Waals surface area contributed by atoms with Gasteiger partial charge in [-0.3, -0.25) is 9.59 Å². The van der Waals surface area contributed by atoms with Crippen LogP contribution >= 0.6 is 11.3 Å². The van der Waals surface area contributed by atoms with Gasteiger partial charge in [0, 0.05) is 24.0 Å². The predicted molar refractivity (Wildman–Crippen MR) is 79.6 cm³/mol. The number of amides is 1. The maximum absolute atomic E-state index is 12.4. The van der Waals surface area contributed by atoms with Gasteiger partial charge in [-0.2, -0.15) is 0 Å². The topological polar surface area (TPSA) is 70.5 Å². The minimum Gasteiger partial charge on any atom is -0.481 e. The highest BCUT2D eigenvalue weighted by molar-refractivity contribution is 7.07. The number of carboxylic acid groups (broad SMARTS) is 1. The number of carbonyl (C=O) groups excluding carboxylic acids is 1. The van der Waals surface area contributed by atoms with Crippen molar-refractivity contribution in [3.05, 3.63) is 46.4 Å². The number of nitrogens with zero attached hydrogens (tertiary/aromatic N) is 2. The molecule has 1 N–H and O–H groups in total. The van der Waals surface area contributed by atoms with E-state index in [1.54, 1.807) is 28.6 Å². The van der Waals surface area contributed by atoms with Gasteiger partial charge in [0.15, 0.2) is 0 Å². The van der Waals surface area contributed by atoms with Crippen molar-refractivity contribution < 1.29 is 14.7 Å². The second kappa shape index (κ2) is 5.65. The molecule has 0 saturated carbocycles. The number of carbonyl (C=O) groups is 2. The molecule has 1 aliphatic heterocycles. The van der Waals surface area contributed by atoms with Gasteiger partial charge in [0.25, 0.3) is 0 Å². The Labute approximate surface area is 125 Å². The summed E-state index contributed by atoms with van der Waals surface area (Å²) >= 11 is 1.50. The highest BCUT2D eigenvalue weighted by Crippen LogP contribution is 2.36. The number of hydrogen-bond donors (Lipinski definition) is 1. The first-order chi connectivity index (χ1) is 10.2. The highest BCUT2D eigenvalue weighted by Gasteiger charge is 2.35. The Morgan fingerprint density at radius 3 is 2.90 bits per heavy atom. The average molecular weight is 302 g/mol. The Morgan fingerprint density at radius 2 is 2.19 bits per heavy atom. The molecule has 3 rings (SSSR count). The van der Waals surface area contributed by atoms with Crippen molar-refractivity contribution in [2.45, 2.75) is 18.8 Å². The van der Waals surface area contributed by atoms with Crippen molar-refractivity contribution in [3.63, 3.8) is 0 Å². The lowest BCUT2D eigenvalue weighted by Crippen LogP contribution is -2.31. The maximum Gasteiger partial charge on any atom is 0.312 e. The molecule has 0 fully saturated rings. The van der Waals surface area contributed by atoms with Crippen molar-refractivity contribution in [2.75, 3.05) is 11.4 Å². The van der Waals surface area contributed by atoms with Gasteiger partial charge in [0.1, 0.15) is 5.92 Å². The van der Waals surface area contributed by atoms with Crippen molar-refractivity contribution in [1.29, 1.82) is 0 Å². The lowest BCUT2D eigenvalue weighted by Gasteiger charge is -2.17. The number of para-hydroxylation sites is 1. The van der Waals surface area contributed by atoms with Gasteiger partial charge in [0.05, 0.1) is 11.2 Å². The number of benzene rings is 1. The summed E-state index contributed by atoms with van der Waals surface area (Å²) in [5, 5.41) is 11.2. The molecule has 5 nitrogen and oxygen atoms in total. The molecule has 1 amide bonds. The number of rotatable bonds is 4. The summed E-state index contributed by atoms with van der Waals surface area (Å²) in [6.45, 7) is 0.213. The number of hydrogen-bond acceptors (Lipinski definition) is 4. The van der Waals surface area contributed by atoms with Gasteiger partial charge >= 0.3 is 5.97 Å². The van der Waals surface area contributed by atoms with Crippen molar-refractivity contribution in [3.8, 4) is 0 Å². The van der Waals surface area contributed by atoms with E-state index in [0.717, 1.165) is 5.69 Å². The molecule has 6 heteroatoms. The van der Waals surface area contributed by atoms with Crippen LogP contribution in [0.25, 0.3) is 0 Å². The van der Waals surface area contributed by atoms with E-state index in [4.69, 9.17) is 0 Å². The molecule has 0 unspecified atom stereocenters. The van der Waals surface area contributed by atoms with Crippen LogP contribution in [0.3, 0.4) is 0 Å². The minimum atomic E-state index is -0.891. The molecule has 1 atom stereocenters. The van der Waals surface area contributed by atoms with Crippen LogP contribution in [-0.4, -0.2) is 28.5 Å². The molecular formula is C15H14N2O3S. The average Bonchev–Trinajstić information content (AvgIpc) is 3.12. The Morgan fingerprint density at radius 1 is 1.38 bits per heavy atom. The molecule has 1 aromatic heterocycles. The van der Waals surface area contributed by atoms with Crippen LogP contribution in [0.15, 0.2) is 35.2 Å². The number of fused-ring (bicyclic) bond motifs is 1. The lowest BCUT2D eigenvalue weighted by molar-refractivity contribution is -0.138. The van der Waals surface area contributed by atoms with Crippen LogP contribution in [0.4, 0.5) is 5.69 Å². The molecule has 1 aromatic carbocycles. The van der Waals surface area contributed by atoms with Gasteiger partial charge in [-0.05, 0) is 18.1 Å². The standard InChI is InChI=1S/C15H14N2O3S/c18-14(6-5-10-8-21-9-16-10)17-7-12(15(19)20)11-3-1-2-4-13(11)17/h1-4,8-9,12H,5-7H2,(H,19,20)/t12-/m0/s1. The van der Waals surface area contributed by atoms with Crippen LogP contribution < -0.4 is 4.90 Å². The van der Waals surface area contributed by atoms with E-state index in [2.05, 4.69) is 4.98 Å². The van der Waals surface area contributed by atoms with Crippen molar-refractivity contribution in [1.82, 2.24) is 4.98 Å². The molecule has 0 bridgehead atoms. The third kappa shape index (κ3) is 2.67. The summed E-state index contributed by atoms with van der Waals surface area (Å²) in [7, 11) is 0. The quantitative estimate of drug-likeness (QED) is 0.940. The fourth-order valence-corrected chi connectivity index (χ4v) is 3.18. The van der Waals surface area contributed by atoms with Crippen LogP contribution in [0.2, 0.25) is 0 Å². The number of aliphatic carboxylic acids is 1. The third-order valence-corrected chi connectivity index (χ3v) is 4.28. The summed E-state index contributed by atoms with van der Waals surface area (Å²) in [5.41, 5.74) is 4.07. The van der Waals surface area contributed by atoms with E-state index in [-0.39, 0.29) is 12.5 Å². The maximum atomic E-state index is 12.4. The smallest absolute Gasteiger partial charge is 0.312 e. The zero-order chi connectivity index (χ0) is 14.8. The van der Waals surface area contributed by atoms with E-state index in [1.807, 2.05) is 11.4 Å². The fraction of sp³-hybridized carbons (Fsp3) is 0.267. The van der Waals surface area contributed by atoms with Crippen molar-refractivity contribution >= 4 is 28.9 Å². The second-order valence-electron chi connectivity index (χ2n) is 4.93. The monoisotopic (exact) mass is 302 g/mol. The second-order valence-corrected chi connectivity index (χ2v) is 5.65. The summed E-state index contributed by atoms with van der Waals surface area (Å²) in [5.74, 6) is -1.58. The summed E-state index contributed by atoms with van der Waals surface area (Å²) in [6, 6.07) is 7.21. The molecule has 2 aromatic rings. The number of thiazole rings is 1. The molecule has 21 heavy (non-hydrogen) atoms. The number of aryl methyl sites for hydroxylation is 1. The first-order valence-electron chi connectivity index (χ1n) is 6.66. The Balaban J connectivity index is 1.76. The van der Waals surface area contributed by atoms with E-state index in [1.165, 1.54) is 11.3 Å². The van der Waals surface area contributed by atoms with Crippen LogP contribution in [0.1, 0.15) is 23.6 Å². The molecule has 0 aliphatic carbocycles. The molecule has 108 valence electrons. The molecule has 1 aliphatic rings. The van der Waals surface area contributed by atoms with Crippen LogP contribution in [0, 0.1) is 0 Å². The third-order valence-electron chi connectivity index (χ3n) is 3.65. The van der Waals surface area contributed by atoms with Crippen molar-refractivity contribution in [2.24, 2.45) is 0 Å². The Kier molecular flexibility index (Phi) is 3.70.